The van der Waals surface area contributed by atoms with Gasteiger partial charge in [0.2, 0.25) is 5.91 Å². The van der Waals surface area contributed by atoms with Gasteiger partial charge in [0.1, 0.15) is 5.52 Å². The number of carbonyl (C=O) groups excluding carboxylic acids is 1. The van der Waals surface area contributed by atoms with Gasteiger partial charge in [-0.15, -0.1) is 17.9 Å². The van der Waals surface area contributed by atoms with Crippen LogP contribution in [0.1, 0.15) is 6.42 Å². The first-order valence-corrected chi connectivity index (χ1v) is 6.58. The quantitative estimate of drug-likeness (QED) is 0.847. The van der Waals surface area contributed by atoms with Crippen molar-refractivity contribution in [2.24, 2.45) is 5.73 Å². The lowest BCUT2D eigenvalue weighted by Gasteiger charge is -2.11. The van der Waals surface area contributed by atoms with Gasteiger partial charge in [-0.2, -0.15) is 0 Å². The number of rotatable bonds is 4. The fraction of sp³-hybridized carbons (Fsp3) is 0.167. The topological polar surface area (TPSA) is 68.0 Å². The summed E-state index contributed by atoms with van der Waals surface area (Å²) in [5.41, 5.74) is 8.61. The van der Waals surface area contributed by atoms with Crippen LogP contribution in [0.5, 0.6) is 0 Å². The lowest BCUT2D eigenvalue weighted by Crippen LogP contribution is -2.35. The molecule has 2 rings (SSSR count). The number of nitrogens with two attached hydrogens (primary N) is 1. The SMILES string of the molecule is C=CCC(N)C(=O)Nc1c(Cl)ccc2scnc12. The summed E-state index contributed by atoms with van der Waals surface area (Å²) in [7, 11) is 0. The Morgan fingerprint density at radius 2 is 2.44 bits per heavy atom. The van der Waals surface area contributed by atoms with Gasteiger partial charge in [0.25, 0.3) is 0 Å². The Morgan fingerprint density at radius 3 is 3.17 bits per heavy atom. The standard InChI is InChI=1S/C12H12ClN3OS/c1-2-3-8(14)12(17)16-10-7(13)4-5-9-11(10)15-6-18-9/h2,4-6,8H,1,3,14H2,(H,16,17). The van der Waals surface area contributed by atoms with Crippen LogP contribution in [0.2, 0.25) is 5.02 Å². The third-order valence-electron chi connectivity index (χ3n) is 2.46. The van der Waals surface area contributed by atoms with Crippen LogP contribution >= 0.6 is 22.9 Å². The van der Waals surface area contributed by atoms with Gasteiger partial charge in [-0.25, -0.2) is 4.98 Å². The minimum absolute atomic E-state index is 0.294. The molecule has 0 bridgehead atoms. The second kappa shape index (κ2) is 5.48. The van der Waals surface area contributed by atoms with Crippen molar-refractivity contribution in [3.63, 3.8) is 0 Å². The minimum Gasteiger partial charge on any atom is -0.322 e. The van der Waals surface area contributed by atoms with E-state index in [1.165, 1.54) is 11.3 Å². The van der Waals surface area contributed by atoms with Crippen molar-refractivity contribution >= 4 is 44.7 Å². The summed E-state index contributed by atoms with van der Waals surface area (Å²) in [6, 6.07) is 2.97. The van der Waals surface area contributed by atoms with Gasteiger partial charge in [-0.05, 0) is 18.6 Å². The first-order chi connectivity index (χ1) is 8.63. The maximum absolute atomic E-state index is 11.9. The van der Waals surface area contributed by atoms with E-state index in [-0.39, 0.29) is 5.91 Å². The van der Waals surface area contributed by atoms with E-state index in [4.69, 9.17) is 17.3 Å². The van der Waals surface area contributed by atoms with Crippen molar-refractivity contribution in [2.75, 3.05) is 5.32 Å². The molecule has 3 N–H and O–H groups in total. The predicted octanol–water partition coefficient (Wildman–Crippen LogP) is 2.79. The molecule has 0 aliphatic carbocycles. The van der Waals surface area contributed by atoms with Crippen molar-refractivity contribution < 1.29 is 4.79 Å². The monoisotopic (exact) mass is 281 g/mol. The third kappa shape index (κ3) is 2.53. The largest absolute Gasteiger partial charge is 0.322 e. The summed E-state index contributed by atoms with van der Waals surface area (Å²) in [6.07, 6.45) is 2.02. The first kappa shape index (κ1) is 13.0. The number of thiazole rings is 1. The van der Waals surface area contributed by atoms with E-state index in [2.05, 4.69) is 16.9 Å². The number of nitrogens with one attached hydrogen (secondary N) is 1. The molecule has 1 aromatic heterocycles. The number of benzene rings is 1. The zero-order valence-corrected chi connectivity index (χ0v) is 11.1. The highest BCUT2D eigenvalue weighted by Gasteiger charge is 2.16. The van der Waals surface area contributed by atoms with Crippen LogP contribution < -0.4 is 11.1 Å². The number of amides is 1. The number of fused-ring (bicyclic) bond motifs is 1. The molecule has 4 nitrogen and oxygen atoms in total. The average Bonchev–Trinajstić information content (AvgIpc) is 2.81. The molecular weight excluding hydrogens is 270 g/mol. The number of hydrogen-bond donors (Lipinski definition) is 2. The van der Waals surface area contributed by atoms with E-state index in [1.807, 2.05) is 6.07 Å². The molecule has 1 atom stereocenters. The Hall–Kier alpha value is -1.43. The molecule has 1 amide bonds. The fourth-order valence-corrected chi connectivity index (χ4v) is 2.41. The summed E-state index contributed by atoms with van der Waals surface area (Å²) in [5, 5.41) is 3.18. The molecule has 1 unspecified atom stereocenters. The van der Waals surface area contributed by atoms with Crippen molar-refractivity contribution in [1.29, 1.82) is 0 Å². The van der Waals surface area contributed by atoms with Crippen molar-refractivity contribution in [1.82, 2.24) is 4.98 Å². The van der Waals surface area contributed by atoms with Crippen molar-refractivity contribution in [3.8, 4) is 0 Å². The summed E-state index contributed by atoms with van der Waals surface area (Å²) < 4.78 is 0.965. The molecule has 0 aliphatic heterocycles. The molecular formula is C12H12ClN3OS. The summed E-state index contributed by atoms with van der Waals surface area (Å²) in [4.78, 5) is 16.0. The Morgan fingerprint density at radius 1 is 1.67 bits per heavy atom. The number of carbonyl (C=O) groups is 1. The number of nitrogens with zero attached hydrogens (tertiary/aromatic N) is 1. The summed E-state index contributed by atoms with van der Waals surface area (Å²) in [6.45, 7) is 3.55. The Bertz CT molecular complexity index is 596. The molecule has 0 aliphatic rings. The Labute approximate surface area is 113 Å². The van der Waals surface area contributed by atoms with Crippen molar-refractivity contribution in [3.05, 3.63) is 35.3 Å². The van der Waals surface area contributed by atoms with Crippen LogP contribution in [0.4, 0.5) is 5.69 Å². The number of halogens is 1. The van der Waals surface area contributed by atoms with E-state index in [1.54, 1.807) is 17.7 Å². The molecule has 94 valence electrons. The summed E-state index contributed by atoms with van der Waals surface area (Å²) >= 11 is 7.56. The van der Waals surface area contributed by atoms with Gasteiger partial charge < -0.3 is 11.1 Å². The van der Waals surface area contributed by atoms with Crippen LogP contribution in [0, 0.1) is 0 Å². The normalized spacial score (nSPS) is 12.3. The van der Waals surface area contributed by atoms with Gasteiger partial charge in [-0.3, -0.25) is 4.79 Å². The van der Waals surface area contributed by atoms with E-state index < -0.39 is 6.04 Å². The molecule has 2 aromatic rings. The number of hydrogen-bond acceptors (Lipinski definition) is 4. The molecule has 0 spiro atoms. The maximum atomic E-state index is 11.9. The van der Waals surface area contributed by atoms with Crippen LogP contribution in [0.3, 0.4) is 0 Å². The highest BCUT2D eigenvalue weighted by molar-refractivity contribution is 7.16. The molecule has 0 radical (unpaired) electrons. The highest BCUT2D eigenvalue weighted by Crippen LogP contribution is 2.32. The molecule has 6 heteroatoms. The fourth-order valence-electron chi connectivity index (χ4n) is 1.53. The Balaban J connectivity index is 2.30. The maximum Gasteiger partial charge on any atom is 0.241 e. The highest BCUT2D eigenvalue weighted by atomic mass is 35.5. The lowest BCUT2D eigenvalue weighted by molar-refractivity contribution is -0.117. The predicted molar refractivity (Wildman–Crippen MR) is 76.0 cm³/mol. The molecule has 1 heterocycles. The molecule has 0 fully saturated rings. The van der Waals surface area contributed by atoms with E-state index in [0.717, 1.165) is 4.70 Å². The van der Waals surface area contributed by atoms with Crippen LogP contribution in [-0.2, 0) is 4.79 Å². The molecule has 0 saturated carbocycles. The zero-order valence-electron chi connectivity index (χ0n) is 9.52. The van der Waals surface area contributed by atoms with E-state index >= 15 is 0 Å². The van der Waals surface area contributed by atoms with Gasteiger partial charge >= 0.3 is 0 Å². The number of aromatic nitrogens is 1. The van der Waals surface area contributed by atoms with E-state index in [0.29, 0.717) is 22.6 Å². The van der Waals surface area contributed by atoms with Crippen molar-refractivity contribution in [2.45, 2.75) is 12.5 Å². The first-order valence-electron chi connectivity index (χ1n) is 5.32. The smallest absolute Gasteiger partial charge is 0.241 e. The van der Waals surface area contributed by atoms with Gasteiger partial charge in [-0.1, -0.05) is 17.7 Å². The lowest BCUT2D eigenvalue weighted by atomic mass is 10.2. The molecule has 1 aromatic carbocycles. The zero-order chi connectivity index (χ0) is 13.1. The minimum atomic E-state index is -0.632. The van der Waals surface area contributed by atoms with Gasteiger partial charge in [0.15, 0.2) is 0 Å². The summed E-state index contributed by atoms with van der Waals surface area (Å²) in [5.74, 6) is -0.294. The molecule has 18 heavy (non-hydrogen) atoms. The van der Waals surface area contributed by atoms with Crippen LogP contribution in [0.15, 0.2) is 30.3 Å². The average molecular weight is 282 g/mol. The number of anilines is 1. The Kier molecular flexibility index (Phi) is 3.96. The second-order valence-corrected chi connectivity index (χ2v) is 5.04. The van der Waals surface area contributed by atoms with Gasteiger partial charge in [0, 0.05) is 0 Å². The van der Waals surface area contributed by atoms with E-state index in [9.17, 15) is 4.79 Å². The van der Waals surface area contributed by atoms with Gasteiger partial charge in [0.05, 0.1) is 27.0 Å². The van der Waals surface area contributed by atoms with Crippen LogP contribution in [0.25, 0.3) is 10.2 Å². The second-order valence-electron chi connectivity index (χ2n) is 3.74. The third-order valence-corrected chi connectivity index (χ3v) is 3.57. The molecule has 0 saturated heterocycles. The van der Waals surface area contributed by atoms with Crippen LogP contribution in [-0.4, -0.2) is 16.9 Å².